The zero-order chi connectivity index (χ0) is 5.86. The van der Waals surface area contributed by atoms with E-state index in [9.17, 15) is 4.79 Å². The minimum Gasteiger partial charge on any atom is -0.477 e. The molecule has 4 heteroatoms. The molecule has 1 radical (unpaired) electrons. The van der Waals surface area contributed by atoms with Crippen LogP contribution in [-0.2, 0) is 4.79 Å². The number of carboxylic acid groups (broad SMARTS) is 1. The first-order valence-corrected chi connectivity index (χ1v) is 2.11. The maximum absolute atomic E-state index is 9.73. The van der Waals surface area contributed by atoms with Gasteiger partial charge < -0.3 is 5.11 Å². The van der Waals surface area contributed by atoms with Crippen molar-refractivity contribution >= 4 is 44.9 Å². The molecule has 0 saturated carbocycles. The van der Waals surface area contributed by atoms with E-state index in [4.69, 9.17) is 16.7 Å². The Morgan fingerprint density at radius 2 is 2.12 bits per heavy atom. The molecule has 43 valence electrons. The van der Waals surface area contributed by atoms with Crippen molar-refractivity contribution in [3.05, 3.63) is 11.1 Å². The second kappa shape index (κ2) is 5.56. The van der Waals surface area contributed by atoms with E-state index in [1.807, 2.05) is 0 Å². The van der Waals surface area contributed by atoms with Crippen LogP contribution in [0.4, 0.5) is 0 Å². The van der Waals surface area contributed by atoms with Gasteiger partial charge >= 0.3 is 5.97 Å². The average Bonchev–Trinajstić information content (AvgIpc) is 1.65. The summed E-state index contributed by atoms with van der Waals surface area (Å²) in [6, 6.07) is 0. The molecule has 0 bridgehead atoms. The first-order valence-electron chi connectivity index (χ1n) is 1.73. The van der Waals surface area contributed by atoms with E-state index in [1.165, 1.54) is 6.08 Å². The second-order valence-corrected chi connectivity index (χ2v) is 1.35. The summed E-state index contributed by atoms with van der Waals surface area (Å²) in [5, 5.41) is 7.84. The molecule has 1 N–H and O–H groups in total. The van der Waals surface area contributed by atoms with E-state index < -0.39 is 5.97 Å². The van der Waals surface area contributed by atoms with E-state index in [0.717, 1.165) is 0 Å². The molecule has 0 aliphatic carbocycles. The molecule has 0 saturated heterocycles. The molecule has 0 unspecified atom stereocenters. The summed E-state index contributed by atoms with van der Waals surface area (Å²) in [7, 11) is 0. The van der Waals surface area contributed by atoms with Crippen LogP contribution in [0.3, 0.4) is 0 Å². The summed E-state index contributed by atoms with van der Waals surface area (Å²) in [6.07, 6.45) is 1.32. The number of halogens is 1. The SMILES string of the molecule is C/C=C(\Cl)C(=O)O.[Tl]. The standard InChI is InChI=1S/C4H5ClO2.Tl/c1-2-3(5)4(6)7;/h2H,1H3,(H,6,7);/b3-2-;. The van der Waals surface area contributed by atoms with Gasteiger partial charge in [-0.3, -0.25) is 0 Å². The summed E-state index contributed by atoms with van der Waals surface area (Å²) < 4.78 is 0. The van der Waals surface area contributed by atoms with Crippen molar-refractivity contribution in [3.63, 3.8) is 0 Å². The van der Waals surface area contributed by atoms with Crippen LogP contribution in [0.25, 0.3) is 0 Å². The molecule has 0 heterocycles. The third-order valence-corrected chi connectivity index (χ3v) is 0.838. The second-order valence-electron chi connectivity index (χ2n) is 0.942. The molecule has 2 nitrogen and oxygen atoms in total. The molecule has 0 spiro atoms. The molecule has 0 aromatic rings. The molecule has 0 aromatic heterocycles. The first-order chi connectivity index (χ1) is 3.18. The van der Waals surface area contributed by atoms with Crippen molar-refractivity contribution in [2.75, 3.05) is 0 Å². The van der Waals surface area contributed by atoms with Gasteiger partial charge in [-0.25, -0.2) is 4.79 Å². The van der Waals surface area contributed by atoms with E-state index in [2.05, 4.69) is 0 Å². The van der Waals surface area contributed by atoms with Crippen LogP contribution in [0, 0.1) is 0 Å². The number of rotatable bonds is 1. The molecule has 0 aliphatic rings. The van der Waals surface area contributed by atoms with Gasteiger partial charge in [0.2, 0.25) is 0 Å². The molecule has 0 aliphatic heterocycles. The minimum absolute atomic E-state index is 0. The van der Waals surface area contributed by atoms with Crippen molar-refractivity contribution in [1.82, 2.24) is 0 Å². The summed E-state index contributed by atoms with van der Waals surface area (Å²) in [5.74, 6) is -1.08. The first kappa shape index (κ1) is 11.2. The number of aliphatic carboxylic acids is 1. The third kappa shape index (κ3) is 4.58. The molecule has 0 amide bonds. The Bertz CT molecular complexity index is 111. The number of carboxylic acids is 1. The maximum atomic E-state index is 9.73. The number of hydrogen-bond donors (Lipinski definition) is 1. The Balaban J connectivity index is 0. The Morgan fingerprint density at radius 1 is 1.75 bits per heavy atom. The fraction of sp³-hybridized carbons (Fsp3) is 0.250. The third-order valence-electron chi connectivity index (χ3n) is 0.458. The topological polar surface area (TPSA) is 37.3 Å². The van der Waals surface area contributed by atoms with Crippen LogP contribution in [0.15, 0.2) is 11.1 Å². The zero-order valence-corrected chi connectivity index (χ0v) is 9.63. The van der Waals surface area contributed by atoms with Crippen LogP contribution in [0.5, 0.6) is 0 Å². The Hall–Kier alpha value is 0.422. The van der Waals surface area contributed by atoms with E-state index in [0.29, 0.717) is 0 Å². The summed E-state index contributed by atoms with van der Waals surface area (Å²) in [5.41, 5.74) is 0. The number of hydrogen-bond acceptors (Lipinski definition) is 1. The quantitative estimate of drug-likeness (QED) is 0.573. The van der Waals surface area contributed by atoms with Crippen molar-refractivity contribution in [2.45, 2.75) is 6.92 Å². The monoisotopic (exact) mass is 325 g/mol. The molecule has 0 aromatic carbocycles. The predicted molar refractivity (Wildman–Crippen MR) is 33.0 cm³/mol. The van der Waals surface area contributed by atoms with Crippen LogP contribution in [-0.4, -0.2) is 38.4 Å². The van der Waals surface area contributed by atoms with Crippen molar-refractivity contribution in [3.8, 4) is 0 Å². The summed E-state index contributed by atoms with van der Waals surface area (Å²) >= 11 is 5.06. The van der Waals surface area contributed by atoms with Crippen LogP contribution in [0.1, 0.15) is 6.92 Å². The van der Waals surface area contributed by atoms with Gasteiger partial charge in [-0.1, -0.05) is 17.7 Å². The largest absolute Gasteiger partial charge is 0.477 e. The predicted octanol–water partition coefficient (Wildman–Crippen LogP) is 0.833. The number of allylic oxidation sites excluding steroid dienone is 1. The smallest absolute Gasteiger partial charge is 0.346 e. The van der Waals surface area contributed by atoms with Gasteiger partial charge in [0, 0.05) is 27.3 Å². The molecular weight excluding hydrogens is 320 g/mol. The molecule has 0 rings (SSSR count). The average molecular weight is 325 g/mol. The summed E-state index contributed by atoms with van der Waals surface area (Å²) in [6.45, 7) is 1.57. The van der Waals surface area contributed by atoms with Gasteiger partial charge in [0.1, 0.15) is 5.03 Å². The molecular formula is C4H5ClO2Tl. The van der Waals surface area contributed by atoms with E-state index >= 15 is 0 Å². The van der Waals surface area contributed by atoms with Crippen molar-refractivity contribution in [1.29, 1.82) is 0 Å². The fourth-order valence-corrected chi connectivity index (χ4v) is 0.123. The van der Waals surface area contributed by atoms with E-state index in [-0.39, 0.29) is 32.3 Å². The maximum Gasteiger partial charge on any atom is 0.346 e. The van der Waals surface area contributed by atoms with Gasteiger partial charge in [0.15, 0.2) is 0 Å². The molecule has 0 atom stereocenters. The van der Waals surface area contributed by atoms with Crippen LogP contribution < -0.4 is 0 Å². The number of carbonyl (C=O) groups is 1. The Morgan fingerprint density at radius 3 is 2.12 bits per heavy atom. The molecule has 8 heavy (non-hydrogen) atoms. The normalized spacial score (nSPS) is 10.0. The summed E-state index contributed by atoms with van der Waals surface area (Å²) in [4.78, 5) is 9.73. The van der Waals surface area contributed by atoms with Crippen LogP contribution >= 0.6 is 11.6 Å². The van der Waals surface area contributed by atoms with Gasteiger partial charge in [-0.15, -0.1) is 0 Å². The van der Waals surface area contributed by atoms with E-state index in [1.54, 1.807) is 6.92 Å². The van der Waals surface area contributed by atoms with Gasteiger partial charge in [0.05, 0.1) is 0 Å². The van der Waals surface area contributed by atoms with Gasteiger partial charge in [-0.2, -0.15) is 0 Å². The Kier molecular flexibility index (Phi) is 7.81. The fourth-order valence-electron chi connectivity index (χ4n) is 0.123. The minimum atomic E-state index is -1.08. The van der Waals surface area contributed by atoms with Crippen molar-refractivity contribution in [2.24, 2.45) is 0 Å². The van der Waals surface area contributed by atoms with Crippen molar-refractivity contribution < 1.29 is 9.90 Å². The molecule has 0 fully saturated rings. The zero-order valence-electron chi connectivity index (χ0n) is 4.39. The van der Waals surface area contributed by atoms with Gasteiger partial charge in [-0.05, 0) is 6.92 Å². The van der Waals surface area contributed by atoms with Crippen LogP contribution in [0.2, 0.25) is 0 Å². The Labute approximate surface area is 72.7 Å². The van der Waals surface area contributed by atoms with Gasteiger partial charge in [0.25, 0.3) is 0 Å².